The van der Waals surface area contributed by atoms with Gasteiger partial charge < -0.3 is 24.4 Å². The fraction of sp³-hybridized carbons (Fsp3) is 0.281. The van der Waals surface area contributed by atoms with Gasteiger partial charge in [-0.1, -0.05) is 54.6 Å². The Bertz CT molecular complexity index is 1540. The van der Waals surface area contributed by atoms with Crippen LogP contribution >= 0.6 is 23.5 Å². The van der Waals surface area contributed by atoms with Gasteiger partial charge in [0.15, 0.2) is 0 Å². The van der Waals surface area contributed by atoms with E-state index in [1.807, 2.05) is 30.3 Å². The summed E-state index contributed by atoms with van der Waals surface area (Å²) in [5, 5.41) is 20.9. The van der Waals surface area contributed by atoms with Gasteiger partial charge in [-0.3, -0.25) is 15.0 Å². The fourth-order valence-corrected chi connectivity index (χ4v) is 7.23. The third kappa shape index (κ3) is 8.59. The minimum atomic E-state index is -1.09. The minimum absolute atomic E-state index is 0.0437. The summed E-state index contributed by atoms with van der Waals surface area (Å²) in [6.07, 6.45) is -0.691. The van der Waals surface area contributed by atoms with Crippen LogP contribution in [0.4, 0.5) is 4.79 Å². The minimum Gasteiger partial charge on any atom is -0.480 e. The number of carboxylic acid groups (broad SMARTS) is 2. The first-order valence-corrected chi connectivity index (χ1v) is 16.0. The molecule has 2 unspecified atom stereocenters. The number of esters is 2. The molecule has 242 valence electrons. The topological polar surface area (TPSA) is 169 Å². The van der Waals surface area contributed by atoms with Crippen LogP contribution in [-0.4, -0.2) is 82.9 Å². The quantitative estimate of drug-likeness (QED) is 0.226. The molecule has 2 fully saturated rings. The standard InChI is InChI=1S/C20H19NO6S.C12H13NO4S/c1-26-19(24)15-9-7-14(8-10-15)17-21(16(12-28-17)18(22)23)20(25)27-11-13-5-3-2-4-6-13;1-17-12(16)8-4-2-7(3-5-8)10-13-9(6-18-10)11(14)15/h2-10,16-17H,11-12H2,1H3,(H,22,23);2-5,9-10,13H,6H2,1H3,(H,14,15)/t16?,17-;9?,10-/m11/s1. The van der Waals surface area contributed by atoms with Crippen molar-refractivity contribution in [1.82, 2.24) is 10.2 Å². The summed E-state index contributed by atoms with van der Waals surface area (Å²) < 4.78 is 14.6. The lowest BCUT2D eigenvalue weighted by Crippen LogP contribution is -2.43. The van der Waals surface area contributed by atoms with Gasteiger partial charge >= 0.3 is 30.0 Å². The predicted octanol–water partition coefficient (Wildman–Crippen LogP) is 4.57. The average molecular weight is 669 g/mol. The van der Waals surface area contributed by atoms with Crippen molar-refractivity contribution < 1.29 is 48.4 Å². The highest BCUT2D eigenvalue weighted by molar-refractivity contribution is 8.00. The molecule has 2 aliphatic heterocycles. The van der Waals surface area contributed by atoms with Crippen LogP contribution in [0.5, 0.6) is 0 Å². The second-order valence-corrected chi connectivity index (χ2v) is 12.2. The highest BCUT2D eigenvalue weighted by atomic mass is 32.2. The Labute approximate surface area is 273 Å². The first-order chi connectivity index (χ1) is 22.1. The molecular weight excluding hydrogens is 636 g/mol. The molecule has 2 heterocycles. The molecule has 3 aromatic carbocycles. The number of benzene rings is 3. The van der Waals surface area contributed by atoms with Crippen LogP contribution in [0.15, 0.2) is 78.9 Å². The number of carbonyl (C=O) groups is 5. The molecule has 46 heavy (non-hydrogen) atoms. The summed E-state index contributed by atoms with van der Waals surface area (Å²) in [6, 6.07) is 21.2. The normalized spacial score (nSPS) is 20.2. The SMILES string of the molecule is COC(=O)c1ccc([C@@H]2NC(C(=O)O)CS2)cc1.COC(=O)c1ccc([C@H]2SCC(C(=O)O)N2C(=O)OCc2ccccc2)cc1. The zero-order chi connectivity index (χ0) is 33.2. The summed E-state index contributed by atoms with van der Waals surface area (Å²) in [6.45, 7) is 0.0567. The number of ether oxygens (including phenoxy) is 3. The van der Waals surface area contributed by atoms with Gasteiger partial charge in [0, 0.05) is 11.5 Å². The number of aliphatic carboxylic acids is 2. The zero-order valence-electron chi connectivity index (χ0n) is 24.9. The van der Waals surface area contributed by atoms with Crippen LogP contribution in [0.1, 0.15) is 48.2 Å². The predicted molar refractivity (Wildman–Crippen MR) is 170 cm³/mol. The van der Waals surface area contributed by atoms with E-state index in [9.17, 15) is 29.1 Å². The number of nitrogens with one attached hydrogen (secondary N) is 1. The molecule has 0 aliphatic carbocycles. The van der Waals surface area contributed by atoms with Crippen LogP contribution in [0.25, 0.3) is 0 Å². The maximum Gasteiger partial charge on any atom is 0.412 e. The Kier molecular flexibility index (Phi) is 12.1. The van der Waals surface area contributed by atoms with Gasteiger partial charge in [0.2, 0.25) is 0 Å². The highest BCUT2D eigenvalue weighted by Crippen LogP contribution is 2.42. The zero-order valence-corrected chi connectivity index (χ0v) is 26.5. The Hall–Kier alpha value is -4.53. The first-order valence-electron chi connectivity index (χ1n) is 13.9. The molecule has 0 aromatic heterocycles. The Balaban J connectivity index is 0.000000230. The van der Waals surface area contributed by atoms with Gasteiger partial charge in [-0.25, -0.2) is 19.2 Å². The number of carbonyl (C=O) groups excluding carboxylic acids is 3. The second kappa shape index (κ2) is 16.2. The maximum absolute atomic E-state index is 12.7. The van der Waals surface area contributed by atoms with E-state index in [1.54, 1.807) is 60.3 Å². The molecule has 14 heteroatoms. The van der Waals surface area contributed by atoms with E-state index in [0.717, 1.165) is 11.1 Å². The molecule has 0 spiro atoms. The van der Waals surface area contributed by atoms with Crippen LogP contribution < -0.4 is 5.32 Å². The van der Waals surface area contributed by atoms with Gasteiger partial charge in [-0.15, -0.1) is 23.5 Å². The molecule has 0 saturated carbocycles. The molecular formula is C32H32N2O10S2. The maximum atomic E-state index is 12.7. The number of thioether (sulfide) groups is 2. The highest BCUT2D eigenvalue weighted by Gasteiger charge is 2.43. The number of nitrogens with zero attached hydrogens (tertiary/aromatic N) is 1. The van der Waals surface area contributed by atoms with Gasteiger partial charge in [-0.05, 0) is 41.0 Å². The molecule has 3 N–H and O–H groups in total. The summed E-state index contributed by atoms with van der Waals surface area (Å²) in [5.74, 6) is -1.98. The number of hydrogen-bond acceptors (Lipinski definition) is 11. The van der Waals surface area contributed by atoms with Gasteiger partial charge in [0.25, 0.3) is 0 Å². The monoisotopic (exact) mass is 668 g/mol. The van der Waals surface area contributed by atoms with Gasteiger partial charge in [0.05, 0.1) is 30.7 Å². The van der Waals surface area contributed by atoms with E-state index < -0.39 is 41.5 Å². The van der Waals surface area contributed by atoms with E-state index in [1.165, 1.54) is 30.9 Å². The van der Waals surface area contributed by atoms with E-state index in [0.29, 0.717) is 22.4 Å². The summed E-state index contributed by atoms with van der Waals surface area (Å²) in [7, 11) is 2.63. The van der Waals surface area contributed by atoms with E-state index in [-0.39, 0.29) is 23.7 Å². The molecule has 0 radical (unpaired) electrons. The van der Waals surface area contributed by atoms with Crippen molar-refractivity contribution in [2.45, 2.75) is 29.4 Å². The van der Waals surface area contributed by atoms with Crippen molar-refractivity contribution >= 4 is 53.5 Å². The Morgan fingerprint density at radius 3 is 1.83 bits per heavy atom. The van der Waals surface area contributed by atoms with Crippen molar-refractivity contribution in [2.75, 3.05) is 25.7 Å². The Morgan fingerprint density at radius 2 is 1.33 bits per heavy atom. The van der Waals surface area contributed by atoms with Crippen LogP contribution in [0.3, 0.4) is 0 Å². The molecule has 5 rings (SSSR count). The molecule has 1 amide bonds. The molecule has 4 atom stereocenters. The molecule has 2 aliphatic rings. The fourth-order valence-electron chi connectivity index (χ4n) is 4.59. The van der Waals surface area contributed by atoms with Gasteiger partial charge in [-0.2, -0.15) is 0 Å². The van der Waals surface area contributed by atoms with Crippen molar-refractivity contribution in [1.29, 1.82) is 0 Å². The van der Waals surface area contributed by atoms with E-state index >= 15 is 0 Å². The van der Waals surface area contributed by atoms with Crippen molar-refractivity contribution in [3.8, 4) is 0 Å². The Morgan fingerprint density at radius 1 is 0.761 bits per heavy atom. The van der Waals surface area contributed by atoms with Crippen LogP contribution in [0, 0.1) is 0 Å². The van der Waals surface area contributed by atoms with Crippen molar-refractivity contribution in [3.63, 3.8) is 0 Å². The van der Waals surface area contributed by atoms with Crippen molar-refractivity contribution in [2.24, 2.45) is 0 Å². The second-order valence-electron chi connectivity index (χ2n) is 9.99. The smallest absolute Gasteiger partial charge is 0.412 e. The summed E-state index contributed by atoms with van der Waals surface area (Å²) in [4.78, 5) is 59.2. The molecule has 12 nitrogen and oxygen atoms in total. The molecule has 3 aromatic rings. The van der Waals surface area contributed by atoms with Crippen LogP contribution in [0.2, 0.25) is 0 Å². The van der Waals surface area contributed by atoms with Crippen LogP contribution in [-0.2, 0) is 30.4 Å². The van der Waals surface area contributed by atoms with Gasteiger partial charge in [0.1, 0.15) is 24.1 Å². The molecule has 2 saturated heterocycles. The summed E-state index contributed by atoms with van der Waals surface area (Å²) in [5.41, 5.74) is 3.34. The number of amides is 1. The number of carboxylic acids is 2. The average Bonchev–Trinajstić information content (AvgIpc) is 3.77. The number of rotatable bonds is 8. The lowest BCUT2D eigenvalue weighted by Gasteiger charge is -2.27. The van der Waals surface area contributed by atoms with Crippen molar-refractivity contribution in [3.05, 3.63) is 107 Å². The first kappa shape index (κ1) is 34.3. The number of methoxy groups -OCH3 is 2. The third-order valence-corrected chi connectivity index (χ3v) is 9.62. The van der Waals surface area contributed by atoms with E-state index in [2.05, 4.69) is 14.8 Å². The molecule has 0 bridgehead atoms. The lowest BCUT2D eigenvalue weighted by atomic mass is 10.1. The lowest BCUT2D eigenvalue weighted by molar-refractivity contribution is -0.142. The number of hydrogen-bond donors (Lipinski definition) is 3. The summed E-state index contributed by atoms with van der Waals surface area (Å²) >= 11 is 2.88. The largest absolute Gasteiger partial charge is 0.480 e. The third-order valence-electron chi connectivity index (χ3n) is 7.03. The van der Waals surface area contributed by atoms with E-state index in [4.69, 9.17) is 9.84 Å².